The molecule has 1 unspecified atom stereocenters. The first-order valence-electron chi connectivity index (χ1n) is 6.19. The summed E-state index contributed by atoms with van der Waals surface area (Å²) in [4.78, 5) is 33.5. The summed E-state index contributed by atoms with van der Waals surface area (Å²) in [6.45, 7) is 0. The van der Waals surface area contributed by atoms with E-state index in [-0.39, 0.29) is 16.8 Å². The highest BCUT2D eigenvalue weighted by Crippen LogP contribution is 2.24. The highest BCUT2D eigenvalue weighted by Gasteiger charge is 2.24. The van der Waals surface area contributed by atoms with Gasteiger partial charge >= 0.3 is 5.97 Å². The lowest BCUT2D eigenvalue weighted by molar-refractivity contribution is -0.384. The predicted octanol–water partition coefficient (Wildman–Crippen LogP) is 3.26. The van der Waals surface area contributed by atoms with Crippen molar-refractivity contribution in [1.82, 2.24) is 0 Å². The fourth-order valence-electron chi connectivity index (χ4n) is 1.77. The number of nitro benzene ring substituents is 1. The SMILES string of the molecule is O=C(OC(C(=O)Cl)c1ccc([N+](=O)[O-])cc1)c1ccccc1. The summed E-state index contributed by atoms with van der Waals surface area (Å²) in [5, 5.41) is 9.72. The first-order valence-corrected chi connectivity index (χ1v) is 6.56. The molecule has 0 saturated carbocycles. The minimum absolute atomic E-state index is 0.140. The van der Waals surface area contributed by atoms with E-state index >= 15 is 0 Å². The maximum atomic E-state index is 12.0. The average molecular weight is 320 g/mol. The van der Waals surface area contributed by atoms with Crippen molar-refractivity contribution in [2.45, 2.75) is 6.10 Å². The minimum atomic E-state index is -1.32. The van der Waals surface area contributed by atoms with Crippen LogP contribution in [0.15, 0.2) is 54.6 Å². The Kier molecular flexibility index (Phi) is 4.85. The Labute approximate surface area is 130 Å². The van der Waals surface area contributed by atoms with Crippen molar-refractivity contribution < 1.29 is 19.2 Å². The van der Waals surface area contributed by atoms with Crippen LogP contribution in [0.3, 0.4) is 0 Å². The number of nitro groups is 1. The van der Waals surface area contributed by atoms with Crippen LogP contribution in [0.25, 0.3) is 0 Å². The van der Waals surface area contributed by atoms with Gasteiger partial charge in [-0.15, -0.1) is 0 Å². The van der Waals surface area contributed by atoms with Crippen molar-refractivity contribution in [3.63, 3.8) is 0 Å². The van der Waals surface area contributed by atoms with E-state index in [1.54, 1.807) is 18.2 Å². The van der Waals surface area contributed by atoms with Gasteiger partial charge in [-0.2, -0.15) is 0 Å². The van der Waals surface area contributed by atoms with Crippen molar-refractivity contribution in [2.24, 2.45) is 0 Å². The molecule has 0 amide bonds. The van der Waals surface area contributed by atoms with Gasteiger partial charge in [0.1, 0.15) is 0 Å². The molecule has 2 aromatic rings. The van der Waals surface area contributed by atoms with E-state index < -0.39 is 22.2 Å². The molecule has 0 spiro atoms. The normalized spacial score (nSPS) is 11.5. The van der Waals surface area contributed by atoms with Gasteiger partial charge in [0.2, 0.25) is 6.10 Å². The zero-order chi connectivity index (χ0) is 16.1. The molecule has 22 heavy (non-hydrogen) atoms. The smallest absolute Gasteiger partial charge is 0.339 e. The average Bonchev–Trinajstić information content (AvgIpc) is 2.53. The van der Waals surface area contributed by atoms with Gasteiger partial charge in [0.05, 0.1) is 10.5 Å². The molecule has 2 rings (SSSR count). The van der Waals surface area contributed by atoms with Gasteiger partial charge in [-0.05, 0) is 35.9 Å². The van der Waals surface area contributed by atoms with Crippen LogP contribution in [0.5, 0.6) is 0 Å². The molecule has 0 fully saturated rings. The molecule has 7 heteroatoms. The molecule has 2 aromatic carbocycles. The van der Waals surface area contributed by atoms with Gasteiger partial charge < -0.3 is 4.74 Å². The second kappa shape index (κ2) is 6.82. The lowest BCUT2D eigenvalue weighted by Crippen LogP contribution is -2.16. The number of hydrogen-bond acceptors (Lipinski definition) is 5. The van der Waals surface area contributed by atoms with E-state index in [1.165, 1.54) is 36.4 Å². The van der Waals surface area contributed by atoms with Crippen molar-refractivity contribution in [1.29, 1.82) is 0 Å². The number of benzene rings is 2. The Bertz CT molecular complexity index is 700. The molecule has 0 heterocycles. The van der Waals surface area contributed by atoms with Crippen molar-refractivity contribution >= 4 is 28.5 Å². The summed E-state index contributed by atoms with van der Waals surface area (Å²) in [5.74, 6) is -0.710. The summed E-state index contributed by atoms with van der Waals surface area (Å²) in [7, 11) is 0. The Balaban J connectivity index is 2.22. The maximum absolute atomic E-state index is 12.0. The van der Waals surface area contributed by atoms with E-state index in [9.17, 15) is 19.7 Å². The molecule has 6 nitrogen and oxygen atoms in total. The van der Waals surface area contributed by atoms with Gasteiger partial charge in [0.15, 0.2) is 0 Å². The third kappa shape index (κ3) is 3.67. The summed E-state index contributed by atoms with van der Waals surface area (Å²) < 4.78 is 5.09. The summed E-state index contributed by atoms with van der Waals surface area (Å²) in [6, 6.07) is 13.2. The van der Waals surface area contributed by atoms with Gasteiger partial charge in [-0.3, -0.25) is 14.9 Å². The van der Waals surface area contributed by atoms with Crippen LogP contribution in [0, 0.1) is 10.1 Å². The Morgan fingerprint density at radius 1 is 1.05 bits per heavy atom. The lowest BCUT2D eigenvalue weighted by atomic mass is 10.1. The molecule has 0 aromatic heterocycles. The van der Waals surface area contributed by atoms with Crippen molar-refractivity contribution in [3.8, 4) is 0 Å². The molecule has 0 radical (unpaired) electrons. The number of esters is 1. The molecular weight excluding hydrogens is 310 g/mol. The molecule has 1 atom stereocenters. The molecule has 0 aliphatic rings. The van der Waals surface area contributed by atoms with Crippen LogP contribution in [-0.2, 0) is 9.53 Å². The number of ether oxygens (including phenoxy) is 1. The summed E-state index contributed by atoms with van der Waals surface area (Å²) >= 11 is 5.46. The van der Waals surface area contributed by atoms with E-state index in [0.29, 0.717) is 0 Å². The van der Waals surface area contributed by atoms with E-state index in [2.05, 4.69) is 0 Å². The van der Waals surface area contributed by atoms with Crippen LogP contribution < -0.4 is 0 Å². The van der Waals surface area contributed by atoms with Crippen LogP contribution in [0.2, 0.25) is 0 Å². The second-order valence-electron chi connectivity index (χ2n) is 4.30. The molecule has 0 saturated heterocycles. The van der Waals surface area contributed by atoms with E-state index in [1.807, 2.05) is 0 Å². The zero-order valence-electron chi connectivity index (χ0n) is 11.1. The predicted molar refractivity (Wildman–Crippen MR) is 78.6 cm³/mol. The maximum Gasteiger partial charge on any atom is 0.339 e. The largest absolute Gasteiger partial charge is 0.444 e. The molecule has 0 aliphatic carbocycles. The third-order valence-corrected chi connectivity index (χ3v) is 3.05. The number of rotatable bonds is 5. The second-order valence-corrected chi connectivity index (χ2v) is 4.68. The van der Waals surface area contributed by atoms with Gasteiger partial charge in [0.25, 0.3) is 10.9 Å². The molecule has 112 valence electrons. The van der Waals surface area contributed by atoms with Gasteiger partial charge in [-0.1, -0.05) is 18.2 Å². The number of non-ortho nitro benzene ring substituents is 1. The highest BCUT2D eigenvalue weighted by molar-refractivity contribution is 6.64. The van der Waals surface area contributed by atoms with Crippen molar-refractivity contribution in [2.75, 3.05) is 0 Å². The number of halogens is 1. The molecule has 0 bridgehead atoms. The quantitative estimate of drug-likeness (QED) is 0.365. The van der Waals surface area contributed by atoms with Gasteiger partial charge in [0, 0.05) is 17.7 Å². The number of nitrogens with zero attached hydrogens (tertiary/aromatic N) is 1. The van der Waals surface area contributed by atoms with Crippen LogP contribution in [-0.4, -0.2) is 16.1 Å². The monoisotopic (exact) mass is 319 g/mol. The fraction of sp³-hybridized carbons (Fsp3) is 0.0667. The summed E-state index contributed by atoms with van der Waals surface area (Å²) in [5.41, 5.74) is 0.390. The van der Waals surface area contributed by atoms with Crippen molar-refractivity contribution in [3.05, 3.63) is 75.8 Å². The zero-order valence-corrected chi connectivity index (χ0v) is 11.9. The number of carbonyl (C=O) groups is 2. The molecule has 0 aliphatic heterocycles. The first kappa shape index (κ1) is 15.7. The Hall–Kier alpha value is -2.73. The highest BCUT2D eigenvalue weighted by atomic mass is 35.5. The Morgan fingerprint density at radius 3 is 2.14 bits per heavy atom. The number of carbonyl (C=O) groups excluding carboxylic acids is 2. The standard InChI is InChI=1S/C15H10ClNO5/c16-14(18)13(10-6-8-12(9-7-10)17(20)21)22-15(19)11-4-2-1-3-5-11/h1-9,13H. The topological polar surface area (TPSA) is 86.5 Å². The van der Waals surface area contributed by atoms with Gasteiger partial charge in [-0.25, -0.2) is 4.79 Å². The third-order valence-electron chi connectivity index (χ3n) is 2.85. The molecular formula is C15H10ClNO5. The number of hydrogen-bond donors (Lipinski definition) is 0. The van der Waals surface area contributed by atoms with E-state index in [0.717, 1.165) is 0 Å². The van der Waals surface area contributed by atoms with Crippen LogP contribution in [0.4, 0.5) is 5.69 Å². The fourth-order valence-corrected chi connectivity index (χ4v) is 1.94. The van der Waals surface area contributed by atoms with Crippen LogP contribution in [0.1, 0.15) is 22.0 Å². The minimum Gasteiger partial charge on any atom is -0.444 e. The van der Waals surface area contributed by atoms with E-state index in [4.69, 9.17) is 16.3 Å². The van der Waals surface area contributed by atoms with Crippen LogP contribution >= 0.6 is 11.6 Å². The first-order chi connectivity index (χ1) is 10.5. The molecule has 0 N–H and O–H groups in total. The Morgan fingerprint density at radius 2 is 1.64 bits per heavy atom. The summed E-state index contributed by atoms with van der Waals surface area (Å²) in [6.07, 6.45) is -1.32. The lowest BCUT2D eigenvalue weighted by Gasteiger charge is -2.14.